The van der Waals surface area contributed by atoms with Crippen LogP contribution >= 0.6 is 0 Å². The van der Waals surface area contributed by atoms with E-state index in [0.29, 0.717) is 11.8 Å². The van der Waals surface area contributed by atoms with Crippen LogP contribution in [0.25, 0.3) is 0 Å². The first kappa shape index (κ1) is 18.7. The topological polar surface area (TPSA) is 36.9 Å². The smallest absolute Gasteiger partial charge is 0.210 e. The van der Waals surface area contributed by atoms with Gasteiger partial charge in [0.1, 0.15) is 11.9 Å². The Hall–Kier alpha value is -1.10. The van der Waals surface area contributed by atoms with Gasteiger partial charge in [0, 0.05) is 24.7 Å². The first-order valence-electron chi connectivity index (χ1n) is 12.0. The highest BCUT2D eigenvalue weighted by atomic mass is 17.3. The highest BCUT2D eigenvalue weighted by Gasteiger charge is 2.67. The molecule has 7 rings (SSSR count). The molecule has 5 aliphatic carbocycles. The summed E-state index contributed by atoms with van der Waals surface area (Å²) in [5.74, 6) is 2.69. The van der Waals surface area contributed by atoms with Crippen LogP contribution in [0.2, 0.25) is 0 Å². The van der Waals surface area contributed by atoms with Gasteiger partial charge < -0.3 is 9.47 Å². The Balaban J connectivity index is 1.15. The van der Waals surface area contributed by atoms with Crippen LogP contribution in [0.3, 0.4) is 0 Å². The first-order chi connectivity index (χ1) is 14.2. The number of hydrogen-bond donors (Lipinski definition) is 0. The van der Waals surface area contributed by atoms with Crippen molar-refractivity contribution < 1.29 is 19.2 Å². The van der Waals surface area contributed by atoms with Crippen LogP contribution in [0.5, 0.6) is 5.75 Å². The van der Waals surface area contributed by atoms with Gasteiger partial charge in [-0.2, -0.15) is 9.78 Å². The molecule has 0 N–H and O–H groups in total. The van der Waals surface area contributed by atoms with Gasteiger partial charge in [-0.3, -0.25) is 0 Å². The summed E-state index contributed by atoms with van der Waals surface area (Å²) in [7, 11) is 0. The molecule has 5 saturated carbocycles. The lowest BCUT2D eigenvalue weighted by Gasteiger charge is -2.57. The van der Waals surface area contributed by atoms with E-state index in [9.17, 15) is 0 Å². The van der Waals surface area contributed by atoms with E-state index in [1.165, 1.54) is 44.1 Å². The Bertz CT molecular complexity index is 716. The van der Waals surface area contributed by atoms with Crippen LogP contribution in [0, 0.1) is 23.7 Å². The van der Waals surface area contributed by atoms with Gasteiger partial charge in [0.25, 0.3) is 0 Å². The van der Waals surface area contributed by atoms with E-state index in [4.69, 9.17) is 19.2 Å². The van der Waals surface area contributed by atoms with Crippen LogP contribution in [0.4, 0.5) is 0 Å². The van der Waals surface area contributed by atoms with Gasteiger partial charge in [0.05, 0.1) is 0 Å². The van der Waals surface area contributed by atoms with Crippen molar-refractivity contribution in [1.29, 1.82) is 0 Å². The van der Waals surface area contributed by atoms with Gasteiger partial charge in [0.15, 0.2) is 0 Å². The number of rotatable bonds is 4. The summed E-state index contributed by atoms with van der Waals surface area (Å²) in [5, 5.41) is 0. The molecule has 0 aromatic heterocycles. The molecule has 1 saturated heterocycles. The summed E-state index contributed by atoms with van der Waals surface area (Å²) in [6, 6.07) is 8.59. The molecule has 1 aromatic carbocycles. The fourth-order valence-corrected chi connectivity index (χ4v) is 7.24. The lowest BCUT2D eigenvalue weighted by Crippen LogP contribution is -2.59. The monoisotopic (exact) mass is 398 g/mol. The molecular formula is C25H34O4. The number of benzene rings is 1. The maximum absolute atomic E-state index is 6.85. The Morgan fingerprint density at radius 1 is 0.966 bits per heavy atom. The molecule has 6 fully saturated rings. The SMILES string of the molecule is CCCc1ccc(OC2CCCC3(C2)OOC2(O3)C3CC4CC(C3)CC2C4)cc1. The molecule has 2 atom stereocenters. The predicted octanol–water partition coefficient (Wildman–Crippen LogP) is 5.79. The maximum Gasteiger partial charge on any atom is 0.210 e. The van der Waals surface area contributed by atoms with Crippen molar-refractivity contribution in [2.75, 3.05) is 0 Å². The summed E-state index contributed by atoms with van der Waals surface area (Å²) in [5.41, 5.74) is 1.37. The second-order valence-corrected chi connectivity index (χ2v) is 10.4. The molecule has 29 heavy (non-hydrogen) atoms. The average molecular weight is 399 g/mol. The minimum absolute atomic E-state index is 0.122. The van der Waals surface area contributed by atoms with Gasteiger partial charge >= 0.3 is 0 Å². The maximum atomic E-state index is 6.85. The summed E-state index contributed by atoms with van der Waals surface area (Å²) < 4.78 is 13.2. The normalized spacial score (nSPS) is 45.3. The zero-order valence-electron chi connectivity index (χ0n) is 17.6. The van der Waals surface area contributed by atoms with Crippen molar-refractivity contribution in [3.8, 4) is 5.75 Å². The third-order valence-corrected chi connectivity index (χ3v) is 8.33. The molecule has 1 heterocycles. The number of ether oxygens (including phenoxy) is 2. The fraction of sp³-hybridized carbons (Fsp3) is 0.760. The standard InChI is InChI=1S/C25H34O4/c1-2-4-17-6-8-22(9-7-17)26-23-5-3-10-24(16-23)27-25(29-28-24)20-12-18-11-19(14-20)15-21(25)13-18/h6-9,18-21,23H,2-5,10-16H2,1H3. The zero-order valence-corrected chi connectivity index (χ0v) is 17.6. The van der Waals surface area contributed by atoms with E-state index in [2.05, 4.69) is 31.2 Å². The molecule has 0 amide bonds. The van der Waals surface area contributed by atoms with E-state index in [1.807, 2.05) is 0 Å². The molecule has 2 spiro atoms. The largest absolute Gasteiger partial charge is 0.490 e. The van der Waals surface area contributed by atoms with E-state index < -0.39 is 11.6 Å². The second kappa shape index (κ2) is 6.96. The van der Waals surface area contributed by atoms with Crippen molar-refractivity contribution in [1.82, 2.24) is 0 Å². The molecule has 6 aliphatic rings. The number of aryl methyl sites for hydroxylation is 1. The van der Waals surface area contributed by atoms with Gasteiger partial charge in [-0.05, 0) is 80.9 Å². The fourth-order valence-electron chi connectivity index (χ4n) is 7.24. The third-order valence-electron chi connectivity index (χ3n) is 8.33. The molecule has 2 unspecified atom stereocenters. The molecule has 1 aromatic rings. The van der Waals surface area contributed by atoms with E-state index >= 15 is 0 Å². The quantitative estimate of drug-likeness (QED) is 0.602. The van der Waals surface area contributed by atoms with Crippen LogP contribution in [-0.4, -0.2) is 17.7 Å². The zero-order chi connectivity index (χ0) is 19.5. The summed E-state index contributed by atoms with van der Waals surface area (Å²) in [6.07, 6.45) is 12.7. The molecular weight excluding hydrogens is 364 g/mol. The molecule has 4 heteroatoms. The molecule has 4 bridgehead atoms. The van der Waals surface area contributed by atoms with Crippen molar-refractivity contribution >= 4 is 0 Å². The number of hydrogen-bond acceptors (Lipinski definition) is 4. The minimum atomic E-state index is -0.611. The van der Waals surface area contributed by atoms with E-state index in [1.54, 1.807) is 0 Å². The van der Waals surface area contributed by atoms with Crippen molar-refractivity contribution in [2.24, 2.45) is 23.7 Å². The van der Waals surface area contributed by atoms with E-state index in [0.717, 1.165) is 49.7 Å². The molecule has 4 nitrogen and oxygen atoms in total. The lowest BCUT2D eigenvalue weighted by atomic mass is 9.53. The van der Waals surface area contributed by atoms with Gasteiger partial charge in [-0.15, -0.1) is 0 Å². The highest BCUT2D eigenvalue weighted by Crippen LogP contribution is 2.63. The Morgan fingerprint density at radius 2 is 1.69 bits per heavy atom. The van der Waals surface area contributed by atoms with Gasteiger partial charge in [-0.1, -0.05) is 25.5 Å². The average Bonchev–Trinajstić information content (AvgIpc) is 3.07. The van der Waals surface area contributed by atoms with Gasteiger partial charge in [-0.25, -0.2) is 0 Å². The highest BCUT2D eigenvalue weighted by molar-refractivity contribution is 5.27. The van der Waals surface area contributed by atoms with Crippen molar-refractivity contribution in [3.05, 3.63) is 29.8 Å². The van der Waals surface area contributed by atoms with Gasteiger partial charge in [0.2, 0.25) is 11.6 Å². The van der Waals surface area contributed by atoms with Crippen molar-refractivity contribution in [2.45, 2.75) is 95.2 Å². The summed E-state index contributed by atoms with van der Waals surface area (Å²) >= 11 is 0. The second-order valence-electron chi connectivity index (χ2n) is 10.4. The van der Waals surface area contributed by atoms with Crippen LogP contribution in [-0.2, 0) is 20.9 Å². The Morgan fingerprint density at radius 3 is 2.38 bits per heavy atom. The molecule has 0 radical (unpaired) electrons. The summed E-state index contributed by atoms with van der Waals surface area (Å²) in [4.78, 5) is 12.3. The first-order valence-corrected chi connectivity index (χ1v) is 12.0. The van der Waals surface area contributed by atoms with Crippen LogP contribution in [0.1, 0.15) is 76.7 Å². The Kier molecular flexibility index (Phi) is 4.48. The molecule has 158 valence electrons. The third kappa shape index (κ3) is 3.14. The summed E-state index contributed by atoms with van der Waals surface area (Å²) in [6.45, 7) is 2.21. The Labute approximate surface area is 174 Å². The van der Waals surface area contributed by atoms with Crippen LogP contribution < -0.4 is 4.74 Å². The van der Waals surface area contributed by atoms with Crippen molar-refractivity contribution in [3.63, 3.8) is 0 Å². The van der Waals surface area contributed by atoms with Crippen LogP contribution in [0.15, 0.2) is 24.3 Å². The lowest BCUT2D eigenvalue weighted by molar-refractivity contribution is -0.390. The van der Waals surface area contributed by atoms with E-state index in [-0.39, 0.29) is 6.10 Å². The predicted molar refractivity (Wildman–Crippen MR) is 109 cm³/mol. The molecule has 1 aliphatic heterocycles. The minimum Gasteiger partial charge on any atom is -0.490 e.